The average Bonchev–Trinajstić information content (AvgIpc) is 2.28. The van der Waals surface area contributed by atoms with Crippen LogP contribution < -0.4 is 5.32 Å². The zero-order chi connectivity index (χ0) is 12.0. The van der Waals surface area contributed by atoms with Gasteiger partial charge in [-0.2, -0.15) is 0 Å². The largest absolute Gasteiger partial charge is 0.314 e. The van der Waals surface area contributed by atoms with Gasteiger partial charge in [0.2, 0.25) is 0 Å². The highest BCUT2D eigenvalue weighted by Gasteiger charge is 2.36. The van der Waals surface area contributed by atoms with E-state index in [-0.39, 0.29) is 0 Å². The van der Waals surface area contributed by atoms with Gasteiger partial charge in [0, 0.05) is 12.6 Å². The van der Waals surface area contributed by atoms with Crippen LogP contribution in [0.5, 0.6) is 0 Å². The number of hydrogen-bond acceptors (Lipinski definition) is 1. The molecule has 0 aromatic heterocycles. The predicted octanol–water partition coefficient (Wildman–Crippen LogP) is 4.37. The van der Waals surface area contributed by atoms with E-state index in [2.05, 4.69) is 33.0 Å². The highest BCUT2D eigenvalue weighted by atomic mass is 14.9. The smallest absolute Gasteiger partial charge is 0.00127 e. The molecule has 1 unspecified atom stereocenters. The Hall–Kier alpha value is -0.0400. The van der Waals surface area contributed by atoms with Crippen LogP contribution in [0.15, 0.2) is 0 Å². The Morgan fingerprint density at radius 2 is 1.69 bits per heavy atom. The van der Waals surface area contributed by atoms with E-state index < -0.39 is 0 Å². The van der Waals surface area contributed by atoms with Gasteiger partial charge in [-0.05, 0) is 24.2 Å². The van der Waals surface area contributed by atoms with Crippen molar-refractivity contribution in [2.75, 3.05) is 6.54 Å². The third-order valence-electron chi connectivity index (χ3n) is 4.48. The standard InChI is InChI=1S/C15H31N/c1-5-9-14(4)15(12-16-13(2)3)10-7-6-8-11-15/h13-14,16H,5-12H2,1-4H3. The molecule has 1 atom stereocenters. The number of rotatable bonds is 6. The summed E-state index contributed by atoms with van der Waals surface area (Å²) in [5.41, 5.74) is 0.610. The van der Waals surface area contributed by atoms with Crippen LogP contribution in [0.2, 0.25) is 0 Å². The Bertz CT molecular complexity index is 180. The zero-order valence-corrected chi connectivity index (χ0v) is 11.8. The predicted molar refractivity (Wildman–Crippen MR) is 72.7 cm³/mol. The van der Waals surface area contributed by atoms with E-state index in [4.69, 9.17) is 0 Å². The Morgan fingerprint density at radius 1 is 1.06 bits per heavy atom. The summed E-state index contributed by atoms with van der Waals surface area (Å²) in [7, 11) is 0. The first-order valence-corrected chi connectivity index (χ1v) is 7.34. The van der Waals surface area contributed by atoms with Crippen LogP contribution in [0.25, 0.3) is 0 Å². The molecule has 1 heteroatoms. The van der Waals surface area contributed by atoms with Crippen LogP contribution >= 0.6 is 0 Å². The third kappa shape index (κ3) is 3.76. The molecule has 0 heterocycles. The van der Waals surface area contributed by atoms with Crippen molar-refractivity contribution < 1.29 is 0 Å². The minimum atomic E-state index is 0.610. The van der Waals surface area contributed by atoms with Gasteiger partial charge in [-0.3, -0.25) is 0 Å². The van der Waals surface area contributed by atoms with Crippen molar-refractivity contribution in [3.05, 3.63) is 0 Å². The molecule has 96 valence electrons. The Morgan fingerprint density at radius 3 is 2.19 bits per heavy atom. The summed E-state index contributed by atoms with van der Waals surface area (Å²) in [6, 6.07) is 0.632. The first kappa shape index (κ1) is 14.0. The summed E-state index contributed by atoms with van der Waals surface area (Å²) >= 11 is 0. The van der Waals surface area contributed by atoms with Gasteiger partial charge in [0.15, 0.2) is 0 Å². The van der Waals surface area contributed by atoms with Crippen molar-refractivity contribution in [2.24, 2.45) is 11.3 Å². The molecule has 0 aromatic rings. The summed E-state index contributed by atoms with van der Waals surface area (Å²) in [5.74, 6) is 0.893. The molecular formula is C15H31N. The maximum atomic E-state index is 3.70. The highest BCUT2D eigenvalue weighted by molar-refractivity contribution is 4.89. The zero-order valence-electron chi connectivity index (χ0n) is 11.8. The van der Waals surface area contributed by atoms with Crippen molar-refractivity contribution in [1.29, 1.82) is 0 Å². The Labute approximate surface area is 102 Å². The third-order valence-corrected chi connectivity index (χ3v) is 4.48. The van der Waals surface area contributed by atoms with Crippen molar-refractivity contribution in [1.82, 2.24) is 5.32 Å². The molecule has 0 radical (unpaired) electrons. The van der Waals surface area contributed by atoms with E-state index in [1.54, 1.807) is 0 Å². The topological polar surface area (TPSA) is 12.0 Å². The fourth-order valence-corrected chi connectivity index (χ4v) is 3.25. The van der Waals surface area contributed by atoms with Gasteiger partial charge >= 0.3 is 0 Å². The van der Waals surface area contributed by atoms with Crippen LogP contribution in [0.3, 0.4) is 0 Å². The van der Waals surface area contributed by atoms with Gasteiger partial charge in [-0.1, -0.05) is 59.8 Å². The molecule has 0 saturated heterocycles. The molecule has 1 nitrogen and oxygen atoms in total. The van der Waals surface area contributed by atoms with Gasteiger partial charge in [0.05, 0.1) is 0 Å². The lowest BCUT2D eigenvalue weighted by Gasteiger charge is -2.43. The molecule has 0 amide bonds. The second-order valence-electron chi connectivity index (χ2n) is 6.15. The monoisotopic (exact) mass is 225 g/mol. The van der Waals surface area contributed by atoms with E-state index >= 15 is 0 Å². The molecule has 1 rings (SSSR count). The van der Waals surface area contributed by atoms with Gasteiger partial charge in [0.25, 0.3) is 0 Å². The van der Waals surface area contributed by atoms with Crippen LogP contribution in [-0.2, 0) is 0 Å². The molecule has 0 spiro atoms. The van der Waals surface area contributed by atoms with Crippen LogP contribution in [0.1, 0.15) is 72.6 Å². The van der Waals surface area contributed by atoms with Gasteiger partial charge in [0.1, 0.15) is 0 Å². The quantitative estimate of drug-likeness (QED) is 0.708. The molecule has 1 aliphatic carbocycles. The summed E-state index contributed by atoms with van der Waals surface area (Å²) in [6.45, 7) is 10.6. The molecule has 0 aromatic carbocycles. The second kappa shape index (κ2) is 6.64. The highest BCUT2D eigenvalue weighted by Crippen LogP contribution is 2.43. The molecule has 1 fully saturated rings. The van der Waals surface area contributed by atoms with Crippen molar-refractivity contribution in [3.8, 4) is 0 Å². The molecule has 0 aliphatic heterocycles. The average molecular weight is 225 g/mol. The van der Waals surface area contributed by atoms with Gasteiger partial charge in [-0.25, -0.2) is 0 Å². The number of hydrogen-bond donors (Lipinski definition) is 1. The minimum Gasteiger partial charge on any atom is -0.314 e. The van der Waals surface area contributed by atoms with Gasteiger partial charge < -0.3 is 5.32 Å². The van der Waals surface area contributed by atoms with E-state index in [0.717, 1.165) is 5.92 Å². The maximum Gasteiger partial charge on any atom is 0.00127 e. The van der Waals surface area contributed by atoms with Gasteiger partial charge in [-0.15, -0.1) is 0 Å². The molecule has 1 N–H and O–H groups in total. The fraction of sp³-hybridized carbons (Fsp3) is 1.00. The molecule has 0 bridgehead atoms. The molecule has 16 heavy (non-hydrogen) atoms. The maximum absolute atomic E-state index is 3.70. The van der Waals surface area contributed by atoms with Crippen molar-refractivity contribution in [3.63, 3.8) is 0 Å². The second-order valence-corrected chi connectivity index (χ2v) is 6.15. The Balaban J connectivity index is 2.59. The first-order chi connectivity index (χ1) is 7.60. The fourth-order valence-electron chi connectivity index (χ4n) is 3.25. The molecular weight excluding hydrogens is 194 g/mol. The minimum absolute atomic E-state index is 0.610. The summed E-state index contributed by atoms with van der Waals surface area (Å²) in [6.07, 6.45) is 10.0. The lowest BCUT2D eigenvalue weighted by atomic mass is 9.65. The van der Waals surface area contributed by atoms with Crippen LogP contribution in [0.4, 0.5) is 0 Å². The van der Waals surface area contributed by atoms with E-state index in [1.165, 1.54) is 51.5 Å². The van der Waals surface area contributed by atoms with Crippen LogP contribution in [0, 0.1) is 11.3 Å². The summed E-state index contributed by atoms with van der Waals surface area (Å²) < 4.78 is 0. The van der Waals surface area contributed by atoms with E-state index in [1.807, 2.05) is 0 Å². The normalized spacial score (nSPS) is 22.3. The lowest BCUT2D eigenvalue weighted by Crippen LogP contribution is -2.43. The van der Waals surface area contributed by atoms with E-state index in [0.29, 0.717) is 11.5 Å². The SMILES string of the molecule is CCCC(C)C1(CNC(C)C)CCCCC1. The van der Waals surface area contributed by atoms with Crippen molar-refractivity contribution >= 4 is 0 Å². The van der Waals surface area contributed by atoms with Crippen LogP contribution in [-0.4, -0.2) is 12.6 Å². The van der Waals surface area contributed by atoms with Crippen molar-refractivity contribution in [2.45, 2.75) is 78.7 Å². The van der Waals surface area contributed by atoms with E-state index in [9.17, 15) is 0 Å². The molecule has 1 saturated carbocycles. The number of nitrogens with one attached hydrogen (secondary N) is 1. The summed E-state index contributed by atoms with van der Waals surface area (Å²) in [5, 5.41) is 3.70. The first-order valence-electron chi connectivity index (χ1n) is 7.34. The Kier molecular flexibility index (Phi) is 5.82. The molecule has 1 aliphatic rings. The lowest BCUT2D eigenvalue weighted by molar-refractivity contribution is 0.0951. The summed E-state index contributed by atoms with van der Waals surface area (Å²) in [4.78, 5) is 0.